The number of carbonyl (C=O) groups is 1. The minimum atomic E-state index is -4.86. The molecule has 1 amide bonds. The Hall–Kier alpha value is -3.34. The molecule has 0 saturated carbocycles. The molecule has 0 bridgehead atoms. The number of aliphatic hydroxyl groups is 1. The lowest BCUT2D eigenvalue weighted by Gasteiger charge is -2.33. The van der Waals surface area contributed by atoms with Crippen molar-refractivity contribution in [2.24, 2.45) is 0 Å². The summed E-state index contributed by atoms with van der Waals surface area (Å²) in [7, 11) is 0. The first-order chi connectivity index (χ1) is 16.6. The number of nitrogens with two attached hydrogens (primary N) is 1. The topological polar surface area (TPSA) is 104 Å². The van der Waals surface area contributed by atoms with Crippen molar-refractivity contribution in [1.82, 2.24) is 14.9 Å². The van der Waals surface area contributed by atoms with Crippen LogP contribution >= 0.6 is 0 Å². The van der Waals surface area contributed by atoms with Crippen LogP contribution < -0.4 is 10.5 Å². The standard InChI is InChI=1S/C24H24F4N4O3/c25-17-11-30-22-21(16-3-1-13(33)9-19(16)31-22)20(17)12-5-7-32(8-6-12)23(34)15-4-2-14(10-18(15)29)35-24(26,27)28/h2,4,10-13,33H,1,3,5-9,29H2,(H,30,31). The fourth-order valence-corrected chi connectivity index (χ4v) is 5.24. The number of piperidine rings is 1. The number of rotatable bonds is 3. The number of pyridine rings is 1. The fourth-order valence-electron chi connectivity index (χ4n) is 5.24. The molecule has 186 valence electrons. The van der Waals surface area contributed by atoms with Gasteiger partial charge in [0, 0.05) is 47.9 Å². The highest BCUT2D eigenvalue weighted by Crippen LogP contribution is 2.39. The van der Waals surface area contributed by atoms with Gasteiger partial charge in [0.1, 0.15) is 17.2 Å². The molecule has 1 aromatic carbocycles. The minimum absolute atomic E-state index is 0.0914. The van der Waals surface area contributed by atoms with Gasteiger partial charge in [-0.25, -0.2) is 9.37 Å². The largest absolute Gasteiger partial charge is 0.573 e. The molecule has 3 heterocycles. The van der Waals surface area contributed by atoms with E-state index in [1.54, 1.807) is 4.90 Å². The number of anilines is 1. The molecule has 1 unspecified atom stereocenters. The average molecular weight is 492 g/mol. The van der Waals surface area contributed by atoms with Gasteiger partial charge >= 0.3 is 6.36 Å². The van der Waals surface area contributed by atoms with E-state index in [1.165, 1.54) is 12.3 Å². The summed E-state index contributed by atoms with van der Waals surface area (Å²) in [4.78, 5) is 22.0. The van der Waals surface area contributed by atoms with Crippen LogP contribution in [-0.2, 0) is 12.8 Å². The predicted octanol–water partition coefficient (Wildman–Crippen LogP) is 4.05. The molecule has 1 fully saturated rings. The number of amides is 1. The Bertz CT molecular complexity index is 1280. The summed E-state index contributed by atoms with van der Waals surface area (Å²) in [6.07, 6.45) is -1.33. The minimum Gasteiger partial charge on any atom is -0.406 e. The Morgan fingerprint density at radius 1 is 1.23 bits per heavy atom. The van der Waals surface area contributed by atoms with Crippen molar-refractivity contribution in [2.45, 2.75) is 50.5 Å². The monoisotopic (exact) mass is 492 g/mol. The summed E-state index contributed by atoms with van der Waals surface area (Å²) in [6, 6.07) is 3.25. The van der Waals surface area contributed by atoms with Gasteiger partial charge < -0.3 is 25.5 Å². The second-order valence-electron chi connectivity index (χ2n) is 9.09. The van der Waals surface area contributed by atoms with Gasteiger partial charge in [0.25, 0.3) is 5.91 Å². The Labute approximate surface area is 197 Å². The van der Waals surface area contributed by atoms with E-state index in [4.69, 9.17) is 5.73 Å². The van der Waals surface area contributed by atoms with E-state index < -0.39 is 24.1 Å². The van der Waals surface area contributed by atoms with Gasteiger partial charge in [0.15, 0.2) is 0 Å². The number of fused-ring (bicyclic) bond motifs is 3. The van der Waals surface area contributed by atoms with Gasteiger partial charge in [-0.2, -0.15) is 0 Å². The highest BCUT2D eigenvalue weighted by Gasteiger charge is 2.33. The number of carbonyl (C=O) groups excluding carboxylic acids is 1. The van der Waals surface area contributed by atoms with Gasteiger partial charge in [0.05, 0.1) is 17.9 Å². The van der Waals surface area contributed by atoms with Crippen molar-refractivity contribution >= 4 is 22.6 Å². The fraction of sp³-hybridized carbons (Fsp3) is 0.417. The molecule has 3 aromatic rings. The second kappa shape index (κ2) is 8.71. The number of ether oxygens (including phenoxy) is 1. The SMILES string of the molecule is Nc1cc(OC(F)(F)F)ccc1C(=O)N1CCC(c2c(F)cnc3[nH]c4c(c23)CCC(O)C4)CC1. The van der Waals surface area contributed by atoms with Crippen molar-refractivity contribution in [2.75, 3.05) is 18.8 Å². The van der Waals surface area contributed by atoms with Crippen LogP contribution in [-0.4, -0.2) is 51.4 Å². The first kappa shape index (κ1) is 23.4. The van der Waals surface area contributed by atoms with Crippen LogP contribution in [0.4, 0.5) is 23.2 Å². The molecular weight excluding hydrogens is 468 g/mol. The molecule has 35 heavy (non-hydrogen) atoms. The third-order valence-electron chi connectivity index (χ3n) is 6.85. The average Bonchev–Trinajstić information content (AvgIpc) is 3.15. The van der Waals surface area contributed by atoms with E-state index in [1.807, 2.05) is 0 Å². The third kappa shape index (κ3) is 4.52. The van der Waals surface area contributed by atoms with E-state index >= 15 is 4.39 Å². The zero-order valence-electron chi connectivity index (χ0n) is 18.7. The quantitative estimate of drug-likeness (QED) is 0.378. The maximum atomic E-state index is 15.0. The molecule has 7 nitrogen and oxygen atoms in total. The molecule has 0 spiro atoms. The lowest BCUT2D eigenvalue weighted by molar-refractivity contribution is -0.274. The van der Waals surface area contributed by atoms with E-state index in [0.717, 1.165) is 28.8 Å². The number of H-pyrrole nitrogens is 1. The Morgan fingerprint density at radius 2 is 1.97 bits per heavy atom. The number of likely N-dealkylation sites (tertiary alicyclic amines) is 1. The second-order valence-corrected chi connectivity index (χ2v) is 9.09. The maximum absolute atomic E-state index is 15.0. The number of nitrogen functional groups attached to an aromatic ring is 1. The van der Waals surface area contributed by atoms with E-state index in [-0.39, 0.29) is 23.0 Å². The van der Waals surface area contributed by atoms with Crippen LogP contribution in [0, 0.1) is 5.82 Å². The van der Waals surface area contributed by atoms with Crippen LogP contribution in [0.3, 0.4) is 0 Å². The highest BCUT2D eigenvalue weighted by atomic mass is 19.4. The summed E-state index contributed by atoms with van der Waals surface area (Å²) in [5.41, 5.74) is 8.90. The van der Waals surface area contributed by atoms with Crippen LogP contribution in [0.2, 0.25) is 0 Å². The summed E-state index contributed by atoms with van der Waals surface area (Å²) < 4.78 is 56.2. The maximum Gasteiger partial charge on any atom is 0.573 e. The molecule has 2 aromatic heterocycles. The number of nitrogens with zero attached hydrogens (tertiary/aromatic N) is 2. The van der Waals surface area contributed by atoms with Crippen LogP contribution in [0.25, 0.3) is 11.0 Å². The van der Waals surface area contributed by atoms with Crippen LogP contribution in [0.5, 0.6) is 5.75 Å². The Morgan fingerprint density at radius 3 is 2.66 bits per heavy atom. The Balaban J connectivity index is 1.34. The number of halogens is 4. The smallest absolute Gasteiger partial charge is 0.406 e. The number of benzene rings is 1. The first-order valence-electron chi connectivity index (χ1n) is 11.4. The van der Waals surface area contributed by atoms with E-state index in [0.29, 0.717) is 56.4 Å². The van der Waals surface area contributed by atoms with Gasteiger partial charge in [-0.05, 0) is 49.3 Å². The predicted molar refractivity (Wildman–Crippen MR) is 119 cm³/mol. The van der Waals surface area contributed by atoms with Crippen molar-refractivity contribution in [1.29, 1.82) is 0 Å². The third-order valence-corrected chi connectivity index (χ3v) is 6.85. The summed E-state index contributed by atoms with van der Waals surface area (Å²) in [5, 5.41) is 10.8. The number of aromatic amines is 1. The van der Waals surface area contributed by atoms with Crippen molar-refractivity contribution in [3.8, 4) is 5.75 Å². The molecule has 0 radical (unpaired) electrons. The number of hydrogen-bond donors (Lipinski definition) is 3. The number of aromatic nitrogens is 2. The number of aliphatic hydroxyl groups excluding tert-OH is 1. The molecule has 1 atom stereocenters. The molecule has 4 N–H and O–H groups in total. The number of aryl methyl sites for hydroxylation is 1. The summed E-state index contributed by atoms with van der Waals surface area (Å²) >= 11 is 0. The lowest BCUT2D eigenvalue weighted by atomic mass is 9.84. The van der Waals surface area contributed by atoms with Gasteiger partial charge in [-0.15, -0.1) is 13.2 Å². The molecule has 2 aliphatic rings. The normalized spacial score (nSPS) is 19.1. The number of alkyl halides is 3. The highest BCUT2D eigenvalue weighted by molar-refractivity contribution is 5.99. The molecule has 1 aliphatic carbocycles. The molecular formula is C24H24F4N4O3. The number of hydrogen-bond acceptors (Lipinski definition) is 5. The van der Waals surface area contributed by atoms with Gasteiger partial charge in [-0.1, -0.05) is 0 Å². The van der Waals surface area contributed by atoms with E-state index in [9.17, 15) is 23.1 Å². The van der Waals surface area contributed by atoms with Crippen molar-refractivity contribution in [3.63, 3.8) is 0 Å². The van der Waals surface area contributed by atoms with Crippen molar-refractivity contribution in [3.05, 3.63) is 52.6 Å². The first-order valence-corrected chi connectivity index (χ1v) is 11.4. The number of nitrogens with one attached hydrogen (secondary N) is 1. The van der Waals surface area contributed by atoms with E-state index in [2.05, 4.69) is 14.7 Å². The van der Waals surface area contributed by atoms with Gasteiger partial charge in [0.2, 0.25) is 0 Å². The van der Waals surface area contributed by atoms with Gasteiger partial charge in [-0.3, -0.25) is 4.79 Å². The summed E-state index contributed by atoms with van der Waals surface area (Å²) in [5.74, 6) is -1.41. The molecule has 11 heteroatoms. The zero-order valence-corrected chi connectivity index (χ0v) is 18.7. The zero-order chi connectivity index (χ0) is 24.9. The summed E-state index contributed by atoms with van der Waals surface area (Å²) in [6.45, 7) is 0.691. The Kier molecular flexibility index (Phi) is 5.82. The molecule has 1 saturated heterocycles. The lowest BCUT2D eigenvalue weighted by Crippen LogP contribution is -2.38. The van der Waals surface area contributed by atoms with Crippen LogP contribution in [0.15, 0.2) is 24.4 Å². The van der Waals surface area contributed by atoms with Crippen LogP contribution in [0.1, 0.15) is 52.4 Å². The molecule has 1 aliphatic heterocycles. The van der Waals surface area contributed by atoms with Crippen molar-refractivity contribution < 1.29 is 32.2 Å². The molecule has 5 rings (SSSR count).